The summed E-state index contributed by atoms with van der Waals surface area (Å²) in [5.74, 6) is -0.681. The minimum Gasteiger partial charge on any atom is -0.462 e. The maximum absolute atomic E-state index is 12.7. The summed E-state index contributed by atoms with van der Waals surface area (Å²) in [6, 6.07) is 0. The quantitative estimate of drug-likeness (QED) is 0.230. The van der Waals surface area contributed by atoms with Crippen LogP contribution in [0.15, 0.2) is 72.4 Å². The zero-order valence-electron chi connectivity index (χ0n) is 20.7. The van der Waals surface area contributed by atoms with Crippen LogP contribution in [0.5, 0.6) is 0 Å². The van der Waals surface area contributed by atoms with E-state index in [1.165, 1.54) is 5.57 Å². The van der Waals surface area contributed by atoms with Gasteiger partial charge in [0, 0.05) is 0 Å². The number of ether oxygens (including phenoxy) is 4. The summed E-state index contributed by atoms with van der Waals surface area (Å²) in [4.78, 5) is 25.4. The molecule has 2 saturated heterocycles. The molecular formula is C29H36O6. The molecule has 2 aliphatic heterocycles. The summed E-state index contributed by atoms with van der Waals surface area (Å²) >= 11 is 0. The fourth-order valence-electron chi connectivity index (χ4n) is 4.72. The third-order valence-electron chi connectivity index (χ3n) is 7.24. The summed E-state index contributed by atoms with van der Waals surface area (Å²) in [6.07, 6.45) is 16.2. The van der Waals surface area contributed by atoms with E-state index >= 15 is 0 Å². The fraction of sp³-hybridized carbons (Fsp3) is 0.517. The van der Waals surface area contributed by atoms with Crippen LogP contribution in [0.4, 0.5) is 0 Å². The summed E-state index contributed by atoms with van der Waals surface area (Å²) < 4.78 is 21.2. The Morgan fingerprint density at radius 1 is 1.09 bits per heavy atom. The molecule has 5 unspecified atom stereocenters. The van der Waals surface area contributed by atoms with Crippen LogP contribution in [0.1, 0.15) is 33.1 Å². The van der Waals surface area contributed by atoms with E-state index in [2.05, 4.69) is 45.2 Å². The first-order valence-electron chi connectivity index (χ1n) is 12.4. The molecule has 2 fully saturated rings. The van der Waals surface area contributed by atoms with E-state index in [9.17, 15) is 9.59 Å². The van der Waals surface area contributed by atoms with Gasteiger partial charge in [-0.3, -0.25) is 4.79 Å². The number of carbonyl (C=O) groups excluding carboxylic acids is 2. The van der Waals surface area contributed by atoms with Crippen LogP contribution in [0.25, 0.3) is 0 Å². The topological polar surface area (TPSA) is 77.7 Å². The number of allylic oxidation sites excluding steroid dienone is 7. The molecule has 6 heteroatoms. The Morgan fingerprint density at radius 2 is 1.77 bits per heavy atom. The Morgan fingerprint density at radius 3 is 2.40 bits per heavy atom. The normalized spacial score (nSPS) is 29.3. The zero-order chi connectivity index (χ0) is 25.0. The summed E-state index contributed by atoms with van der Waals surface area (Å²) in [5, 5.41) is 0. The first kappa shape index (κ1) is 25.4. The molecule has 4 rings (SSSR count). The summed E-state index contributed by atoms with van der Waals surface area (Å²) in [5.41, 5.74) is 2.52. The van der Waals surface area contributed by atoms with Crippen LogP contribution < -0.4 is 0 Å². The largest absolute Gasteiger partial charge is 0.462 e. The maximum Gasteiger partial charge on any atom is 0.338 e. The van der Waals surface area contributed by atoms with Gasteiger partial charge in [0.15, 0.2) is 0 Å². The summed E-state index contributed by atoms with van der Waals surface area (Å²) in [6.45, 7) is 14.1. The molecule has 35 heavy (non-hydrogen) atoms. The lowest BCUT2D eigenvalue weighted by molar-refractivity contribution is -0.148. The van der Waals surface area contributed by atoms with E-state index in [-0.39, 0.29) is 47.3 Å². The van der Waals surface area contributed by atoms with Gasteiger partial charge in [0.2, 0.25) is 0 Å². The molecular weight excluding hydrogens is 444 g/mol. The standard InChI is InChI=1S/C29H36O6/c1-5-7-19-13-21(9-11-25(19)27(30)34-17-23-15-32-23)29(3,4)22-10-12-26(20(14-22)8-6-2)28(31)35-18-24-16-33-24/h5-6,9,11-14,19,22-25H,1-2,7-8,10,15-18H2,3-4H3. The highest BCUT2D eigenvalue weighted by atomic mass is 16.6. The molecule has 5 atom stereocenters. The van der Waals surface area contributed by atoms with Crippen molar-refractivity contribution < 1.29 is 28.5 Å². The van der Waals surface area contributed by atoms with Gasteiger partial charge in [0.1, 0.15) is 25.4 Å². The van der Waals surface area contributed by atoms with Crippen molar-refractivity contribution in [2.75, 3.05) is 26.4 Å². The second-order valence-corrected chi connectivity index (χ2v) is 10.2. The molecule has 0 amide bonds. The molecule has 188 valence electrons. The fourth-order valence-corrected chi connectivity index (χ4v) is 4.72. The van der Waals surface area contributed by atoms with Crippen molar-refractivity contribution >= 4 is 11.9 Å². The van der Waals surface area contributed by atoms with Crippen LogP contribution in [-0.4, -0.2) is 50.6 Å². The minimum atomic E-state index is -0.332. The average Bonchev–Trinajstić information content (AvgIpc) is 3.76. The lowest BCUT2D eigenvalue weighted by Gasteiger charge is -2.38. The molecule has 0 radical (unpaired) electrons. The Balaban J connectivity index is 1.48. The van der Waals surface area contributed by atoms with Gasteiger partial charge in [0.05, 0.1) is 24.7 Å². The second-order valence-electron chi connectivity index (χ2n) is 10.2. The van der Waals surface area contributed by atoms with E-state index in [0.29, 0.717) is 44.8 Å². The number of epoxide rings is 2. The highest BCUT2D eigenvalue weighted by Gasteiger charge is 2.38. The van der Waals surface area contributed by atoms with Gasteiger partial charge in [-0.2, -0.15) is 0 Å². The van der Waals surface area contributed by atoms with Crippen LogP contribution >= 0.6 is 0 Å². The molecule has 4 aliphatic rings. The van der Waals surface area contributed by atoms with Crippen molar-refractivity contribution in [1.82, 2.24) is 0 Å². The van der Waals surface area contributed by atoms with Crippen LogP contribution in [0.2, 0.25) is 0 Å². The van der Waals surface area contributed by atoms with Gasteiger partial charge < -0.3 is 18.9 Å². The Hall–Kier alpha value is -2.70. The lowest BCUT2D eigenvalue weighted by atomic mass is 9.66. The van der Waals surface area contributed by atoms with Crippen molar-refractivity contribution in [3.8, 4) is 0 Å². The van der Waals surface area contributed by atoms with Crippen molar-refractivity contribution in [1.29, 1.82) is 0 Å². The van der Waals surface area contributed by atoms with Gasteiger partial charge in [0.25, 0.3) is 0 Å². The maximum atomic E-state index is 12.7. The molecule has 0 spiro atoms. The van der Waals surface area contributed by atoms with Crippen LogP contribution in [-0.2, 0) is 28.5 Å². The van der Waals surface area contributed by atoms with Gasteiger partial charge >= 0.3 is 11.9 Å². The molecule has 0 N–H and O–H groups in total. The smallest absolute Gasteiger partial charge is 0.338 e. The third-order valence-corrected chi connectivity index (χ3v) is 7.24. The average molecular weight is 481 g/mol. The molecule has 0 aromatic carbocycles. The van der Waals surface area contributed by atoms with Gasteiger partial charge in [-0.05, 0) is 47.7 Å². The predicted octanol–water partition coefficient (Wildman–Crippen LogP) is 4.65. The molecule has 0 bridgehead atoms. The van der Waals surface area contributed by atoms with E-state index in [4.69, 9.17) is 18.9 Å². The van der Waals surface area contributed by atoms with Crippen LogP contribution in [0.3, 0.4) is 0 Å². The van der Waals surface area contributed by atoms with E-state index in [1.807, 2.05) is 24.3 Å². The predicted molar refractivity (Wildman–Crippen MR) is 133 cm³/mol. The Kier molecular flexibility index (Phi) is 7.92. The monoisotopic (exact) mass is 480 g/mol. The van der Waals surface area contributed by atoms with Crippen LogP contribution in [0, 0.1) is 23.2 Å². The minimum absolute atomic E-state index is 0.00895. The number of carbonyl (C=O) groups is 2. The highest BCUT2D eigenvalue weighted by Crippen LogP contribution is 2.45. The second kappa shape index (κ2) is 10.9. The third kappa shape index (κ3) is 6.30. The van der Waals surface area contributed by atoms with E-state index in [1.54, 1.807) is 0 Å². The van der Waals surface area contributed by atoms with Gasteiger partial charge in [-0.1, -0.05) is 56.4 Å². The summed E-state index contributed by atoms with van der Waals surface area (Å²) in [7, 11) is 0. The zero-order valence-corrected chi connectivity index (χ0v) is 20.7. The molecule has 0 aromatic heterocycles. The molecule has 0 aromatic rings. The lowest BCUT2D eigenvalue weighted by Crippen LogP contribution is -2.31. The molecule has 0 saturated carbocycles. The number of esters is 2. The highest BCUT2D eigenvalue weighted by molar-refractivity contribution is 5.93. The van der Waals surface area contributed by atoms with E-state index in [0.717, 1.165) is 12.0 Å². The molecule has 2 heterocycles. The van der Waals surface area contributed by atoms with Crippen molar-refractivity contribution in [2.24, 2.45) is 23.2 Å². The molecule has 6 nitrogen and oxygen atoms in total. The van der Waals surface area contributed by atoms with Gasteiger partial charge in [-0.15, -0.1) is 13.2 Å². The van der Waals surface area contributed by atoms with Crippen molar-refractivity contribution in [3.63, 3.8) is 0 Å². The molecule has 2 aliphatic carbocycles. The number of hydrogen-bond donors (Lipinski definition) is 0. The van der Waals surface area contributed by atoms with Crippen molar-refractivity contribution in [2.45, 2.75) is 45.3 Å². The van der Waals surface area contributed by atoms with Gasteiger partial charge in [-0.25, -0.2) is 4.79 Å². The number of rotatable bonds is 12. The first-order valence-corrected chi connectivity index (χ1v) is 12.4. The Bertz CT molecular complexity index is 973. The van der Waals surface area contributed by atoms with Crippen molar-refractivity contribution in [3.05, 3.63) is 72.4 Å². The Labute approximate surface area is 208 Å². The van der Waals surface area contributed by atoms with E-state index < -0.39 is 0 Å². The number of hydrogen-bond acceptors (Lipinski definition) is 6. The SMILES string of the molecule is C=CCC1=CC(C(C)(C)C2=CC(CC=C)C(C(=O)OCC3CO3)C=C2)CC=C1C(=O)OCC1CO1. The first-order chi connectivity index (χ1) is 16.8.